The van der Waals surface area contributed by atoms with Crippen LogP contribution >= 0.6 is 11.6 Å². The van der Waals surface area contributed by atoms with E-state index in [2.05, 4.69) is 5.32 Å². The van der Waals surface area contributed by atoms with Gasteiger partial charge in [-0.2, -0.15) is 0 Å². The van der Waals surface area contributed by atoms with Crippen LogP contribution in [0.2, 0.25) is 5.02 Å². The Bertz CT molecular complexity index is 1310. The maximum atomic E-state index is 12.5. The van der Waals surface area contributed by atoms with E-state index < -0.39 is 6.10 Å². The zero-order chi connectivity index (χ0) is 22.7. The van der Waals surface area contributed by atoms with Crippen molar-refractivity contribution in [2.75, 3.05) is 12.4 Å². The van der Waals surface area contributed by atoms with E-state index in [1.807, 2.05) is 0 Å². The molecule has 0 fully saturated rings. The minimum atomic E-state index is -0.702. The highest BCUT2D eigenvalue weighted by Gasteiger charge is 2.15. The molecule has 0 bridgehead atoms. The fourth-order valence-corrected chi connectivity index (χ4v) is 3.26. The van der Waals surface area contributed by atoms with Gasteiger partial charge in [-0.25, -0.2) is 0 Å². The minimum Gasteiger partial charge on any atom is -0.497 e. The molecule has 0 aliphatic carbocycles. The number of benzene rings is 3. The van der Waals surface area contributed by atoms with E-state index in [4.69, 9.17) is 25.5 Å². The number of nitrogens with one attached hydrogen (secondary N) is 1. The summed E-state index contributed by atoms with van der Waals surface area (Å²) in [6, 6.07) is 20.3. The van der Waals surface area contributed by atoms with E-state index in [0.717, 1.165) is 0 Å². The fraction of sp³-hybridized carbons (Fsp3) is 0.120. The van der Waals surface area contributed by atoms with Gasteiger partial charge in [-0.15, -0.1) is 0 Å². The maximum Gasteiger partial charge on any atom is 0.265 e. The number of amides is 1. The van der Waals surface area contributed by atoms with E-state index >= 15 is 0 Å². The lowest BCUT2D eigenvalue weighted by Gasteiger charge is -2.15. The molecular formula is C25H20ClNO5. The molecule has 7 heteroatoms. The molecule has 0 radical (unpaired) electrons. The summed E-state index contributed by atoms with van der Waals surface area (Å²) in [6.07, 6.45) is -0.702. The second-order valence-electron chi connectivity index (χ2n) is 7.12. The third-order valence-electron chi connectivity index (χ3n) is 4.87. The molecule has 0 saturated carbocycles. The van der Waals surface area contributed by atoms with Crippen LogP contribution in [-0.4, -0.2) is 19.1 Å². The van der Waals surface area contributed by atoms with Gasteiger partial charge in [0, 0.05) is 22.3 Å². The average Bonchev–Trinajstić information content (AvgIpc) is 2.80. The summed E-state index contributed by atoms with van der Waals surface area (Å²) in [6.45, 7) is 1.66. The highest BCUT2D eigenvalue weighted by Crippen LogP contribution is 2.26. The first-order valence-corrected chi connectivity index (χ1v) is 10.3. The van der Waals surface area contributed by atoms with Crippen molar-refractivity contribution in [1.82, 2.24) is 0 Å². The molecule has 1 atom stereocenters. The molecule has 4 aromatic rings. The van der Waals surface area contributed by atoms with E-state index in [1.165, 1.54) is 6.07 Å². The molecule has 0 aliphatic rings. The first-order valence-electron chi connectivity index (χ1n) is 9.88. The van der Waals surface area contributed by atoms with Crippen molar-refractivity contribution >= 4 is 34.2 Å². The quantitative estimate of drug-likeness (QED) is 0.419. The zero-order valence-corrected chi connectivity index (χ0v) is 18.2. The van der Waals surface area contributed by atoms with Crippen molar-refractivity contribution in [2.45, 2.75) is 13.0 Å². The van der Waals surface area contributed by atoms with Crippen LogP contribution in [0.3, 0.4) is 0 Å². The van der Waals surface area contributed by atoms with Gasteiger partial charge in [-0.3, -0.25) is 9.59 Å². The molecular weight excluding hydrogens is 430 g/mol. The molecule has 1 amide bonds. The third-order valence-corrected chi connectivity index (χ3v) is 5.12. The highest BCUT2D eigenvalue weighted by atomic mass is 35.5. The molecule has 0 aliphatic heterocycles. The van der Waals surface area contributed by atoms with E-state index in [-0.39, 0.29) is 11.3 Å². The lowest BCUT2D eigenvalue weighted by atomic mass is 10.1. The van der Waals surface area contributed by atoms with Crippen LogP contribution < -0.4 is 20.2 Å². The average molecular weight is 450 g/mol. The second-order valence-corrected chi connectivity index (χ2v) is 7.55. The summed E-state index contributed by atoms with van der Waals surface area (Å²) < 4.78 is 16.7. The number of fused-ring (bicyclic) bond motifs is 1. The van der Waals surface area contributed by atoms with Gasteiger partial charge in [-0.05, 0) is 73.7 Å². The second kappa shape index (κ2) is 9.16. The fourth-order valence-electron chi connectivity index (χ4n) is 3.14. The van der Waals surface area contributed by atoms with Gasteiger partial charge >= 0.3 is 0 Å². The number of halogens is 1. The first kappa shape index (κ1) is 21.5. The molecule has 1 unspecified atom stereocenters. The van der Waals surface area contributed by atoms with E-state index in [1.54, 1.807) is 80.8 Å². The summed E-state index contributed by atoms with van der Waals surface area (Å²) in [5.74, 6) is 1.28. The van der Waals surface area contributed by atoms with Gasteiger partial charge in [0.05, 0.1) is 12.5 Å². The summed E-state index contributed by atoms with van der Waals surface area (Å²) in [5, 5.41) is 3.85. The molecule has 32 heavy (non-hydrogen) atoms. The molecule has 162 valence electrons. The lowest BCUT2D eigenvalue weighted by Crippen LogP contribution is -2.30. The Kier molecular flexibility index (Phi) is 6.14. The Morgan fingerprint density at radius 2 is 1.66 bits per heavy atom. The zero-order valence-electron chi connectivity index (χ0n) is 17.4. The number of hydrogen-bond acceptors (Lipinski definition) is 5. The lowest BCUT2D eigenvalue weighted by molar-refractivity contribution is -0.122. The van der Waals surface area contributed by atoms with Crippen molar-refractivity contribution < 1.29 is 18.7 Å². The summed E-state index contributed by atoms with van der Waals surface area (Å²) >= 11 is 5.86. The van der Waals surface area contributed by atoms with Gasteiger partial charge < -0.3 is 19.2 Å². The number of carbonyl (C=O) groups is 1. The van der Waals surface area contributed by atoms with Crippen LogP contribution in [0.15, 0.2) is 82.0 Å². The van der Waals surface area contributed by atoms with Crippen LogP contribution in [0, 0.1) is 0 Å². The standard InChI is InChI=1S/C25H20ClNO5/c1-15(31-19-9-5-17(26)6-10-19)25(29)27-18-7-3-16(4-8-18)24-14-22(28)21-13-20(30-2)11-12-23(21)32-24/h3-15H,1-2H3,(H,27,29). The SMILES string of the molecule is COc1ccc2oc(-c3ccc(NC(=O)C(C)Oc4ccc(Cl)cc4)cc3)cc(=O)c2c1. The number of methoxy groups -OCH3 is 1. The Morgan fingerprint density at radius 3 is 2.34 bits per heavy atom. The van der Waals surface area contributed by atoms with Crippen LogP contribution in [0.5, 0.6) is 11.5 Å². The third kappa shape index (κ3) is 4.76. The van der Waals surface area contributed by atoms with Crippen LogP contribution in [0.4, 0.5) is 5.69 Å². The van der Waals surface area contributed by atoms with E-state index in [0.29, 0.717) is 44.5 Å². The van der Waals surface area contributed by atoms with E-state index in [9.17, 15) is 9.59 Å². The molecule has 6 nitrogen and oxygen atoms in total. The predicted molar refractivity (Wildman–Crippen MR) is 125 cm³/mol. The Balaban J connectivity index is 1.47. The van der Waals surface area contributed by atoms with Crippen molar-refractivity contribution in [3.8, 4) is 22.8 Å². The number of ether oxygens (including phenoxy) is 2. The number of rotatable bonds is 6. The van der Waals surface area contributed by atoms with Gasteiger partial charge in [0.2, 0.25) is 0 Å². The van der Waals surface area contributed by atoms with Crippen LogP contribution in [0.1, 0.15) is 6.92 Å². The molecule has 1 N–H and O–H groups in total. The topological polar surface area (TPSA) is 77.8 Å². The van der Waals surface area contributed by atoms with Crippen molar-refractivity contribution in [1.29, 1.82) is 0 Å². The van der Waals surface area contributed by atoms with Gasteiger partial charge in [0.15, 0.2) is 11.5 Å². The Morgan fingerprint density at radius 1 is 0.969 bits per heavy atom. The Hall–Kier alpha value is -3.77. The number of hydrogen-bond donors (Lipinski definition) is 1. The van der Waals surface area contributed by atoms with Crippen LogP contribution in [0.25, 0.3) is 22.3 Å². The van der Waals surface area contributed by atoms with Crippen molar-refractivity contribution in [3.05, 3.63) is 88.0 Å². The van der Waals surface area contributed by atoms with Crippen molar-refractivity contribution in [2.24, 2.45) is 0 Å². The summed E-state index contributed by atoms with van der Waals surface area (Å²) in [7, 11) is 1.54. The first-order chi connectivity index (χ1) is 15.4. The molecule has 1 aromatic heterocycles. The summed E-state index contributed by atoms with van der Waals surface area (Å²) in [5.41, 5.74) is 1.62. The van der Waals surface area contributed by atoms with Crippen molar-refractivity contribution in [3.63, 3.8) is 0 Å². The molecule has 3 aromatic carbocycles. The van der Waals surface area contributed by atoms with Gasteiger partial charge in [0.1, 0.15) is 22.8 Å². The molecule has 4 rings (SSSR count). The normalized spacial score (nSPS) is 11.7. The molecule has 0 spiro atoms. The monoisotopic (exact) mass is 449 g/mol. The van der Waals surface area contributed by atoms with Crippen LogP contribution in [-0.2, 0) is 4.79 Å². The molecule has 1 heterocycles. The highest BCUT2D eigenvalue weighted by molar-refractivity contribution is 6.30. The minimum absolute atomic E-state index is 0.161. The predicted octanol–water partition coefficient (Wildman–Crippen LogP) is 5.53. The summed E-state index contributed by atoms with van der Waals surface area (Å²) in [4.78, 5) is 25.0. The maximum absolute atomic E-state index is 12.5. The Labute approximate surface area is 189 Å². The largest absolute Gasteiger partial charge is 0.497 e. The van der Waals surface area contributed by atoms with Gasteiger partial charge in [-0.1, -0.05) is 11.6 Å². The number of carbonyl (C=O) groups excluding carboxylic acids is 1. The van der Waals surface area contributed by atoms with Gasteiger partial charge in [0.25, 0.3) is 5.91 Å². The molecule has 0 saturated heterocycles. The smallest absolute Gasteiger partial charge is 0.265 e. The number of anilines is 1.